The van der Waals surface area contributed by atoms with Crippen LogP contribution in [-0.4, -0.2) is 22.4 Å². The van der Waals surface area contributed by atoms with E-state index in [1.165, 1.54) is 12.1 Å². The molecule has 0 saturated carbocycles. The highest BCUT2D eigenvalue weighted by molar-refractivity contribution is 5.95. The minimum Gasteiger partial charge on any atom is -0.431 e. The fourth-order valence-electron chi connectivity index (χ4n) is 0.880. The summed E-state index contributed by atoms with van der Waals surface area (Å²) in [6.07, 6.45) is -3.03. The fourth-order valence-corrected chi connectivity index (χ4v) is 0.880. The van der Waals surface area contributed by atoms with Crippen LogP contribution in [0, 0.1) is 0 Å². The summed E-state index contributed by atoms with van der Waals surface area (Å²) in [4.78, 5) is 21.2. The van der Waals surface area contributed by atoms with Crippen LogP contribution >= 0.6 is 0 Å². The molecular weight excluding hydrogens is 174 g/mol. The van der Waals surface area contributed by atoms with Gasteiger partial charge in [-0.25, -0.2) is 0 Å². The van der Waals surface area contributed by atoms with Gasteiger partial charge in [-0.15, -0.1) is 0 Å². The van der Waals surface area contributed by atoms with Gasteiger partial charge in [-0.1, -0.05) is 18.2 Å². The second-order valence-corrected chi connectivity index (χ2v) is 2.24. The van der Waals surface area contributed by atoms with E-state index in [1.54, 1.807) is 18.2 Å². The summed E-state index contributed by atoms with van der Waals surface area (Å²) in [6.45, 7) is 0. The van der Waals surface area contributed by atoms with Crippen molar-refractivity contribution < 1.29 is 19.8 Å². The van der Waals surface area contributed by atoms with Gasteiger partial charge < -0.3 is 10.2 Å². The Labute approximate surface area is 73.8 Å². The number of para-hydroxylation sites is 1. The van der Waals surface area contributed by atoms with E-state index in [0.29, 0.717) is 0 Å². The van der Waals surface area contributed by atoms with Gasteiger partial charge in [0.05, 0.1) is 4.90 Å². The predicted octanol–water partition coefficient (Wildman–Crippen LogP) is 1.81. The molecule has 67 valence electrons. The van der Waals surface area contributed by atoms with Gasteiger partial charge in [-0.2, -0.15) is 9.59 Å². The zero-order valence-electron chi connectivity index (χ0n) is 6.54. The summed E-state index contributed by atoms with van der Waals surface area (Å²) in [6, 6.07) is 7.61. The van der Waals surface area contributed by atoms with Crippen LogP contribution in [-0.2, 0) is 0 Å². The van der Waals surface area contributed by atoms with Gasteiger partial charge >= 0.3 is 12.2 Å². The molecule has 0 fully saturated rings. The first-order chi connectivity index (χ1) is 6.13. The normalized spacial score (nSPS) is 9.92. The number of hydrogen-bond acceptors (Lipinski definition) is 2. The first-order valence-corrected chi connectivity index (χ1v) is 3.44. The summed E-state index contributed by atoms with van der Waals surface area (Å²) in [7, 11) is 0. The van der Waals surface area contributed by atoms with Crippen molar-refractivity contribution in [3.63, 3.8) is 0 Å². The van der Waals surface area contributed by atoms with E-state index in [-0.39, 0.29) is 10.6 Å². The number of carboxylic acid groups (broad SMARTS) is 2. The standard InChI is InChI=1S/C8H7NO4/c10-7(11)9(8(12)13)6-4-2-1-3-5-6/h1-5H,(H,10,11)(H,12,13)/q+1. The summed E-state index contributed by atoms with van der Waals surface area (Å²) < 4.78 is 0. The van der Waals surface area contributed by atoms with E-state index in [2.05, 4.69) is 0 Å². The van der Waals surface area contributed by atoms with Crippen molar-refractivity contribution in [3.8, 4) is 0 Å². The summed E-state index contributed by atoms with van der Waals surface area (Å²) in [5, 5.41) is 17.1. The molecule has 0 atom stereocenters. The predicted molar refractivity (Wildman–Crippen MR) is 44.3 cm³/mol. The minimum atomic E-state index is -1.52. The molecule has 0 saturated heterocycles. The zero-order valence-corrected chi connectivity index (χ0v) is 6.54. The van der Waals surface area contributed by atoms with E-state index in [0.717, 1.165) is 0 Å². The Morgan fingerprint density at radius 1 is 1.00 bits per heavy atom. The molecule has 1 radical (unpaired) electrons. The van der Waals surface area contributed by atoms with E-state index < -0.39 is 12.2 Å². The van der Waals surface area contributed by atoms with E-state index >= 15 is 0 Å². The van der Waals surface area contributed by atoms with Gasteiger partial charge in [-0.3, -0.25) is 0 Å². The summed E-state index contributed by atoms with van der Waals surface area (Å²) in [5.41, 5.74) is 0.113. The molecule has 13 heavy (non-hydrogen) atoms. The Hall–Kier alpha value is -1.88. The molecule has 0 aliphatic heterocycles. The van der Waals surface area contributed by atoms with Crippen molar-refractivity contribution in [1.29, 1.82) is 0 Å². The fraction of sp³-hybridized carbons (Fsp3) is 0. The average molecular weight is 181 g/mol. The zero-order chi connectivity index (χ0) is 9.84. The molecule has 1 aromatic rings. The van der Waals surface area contributed by atoms with Crippen LogP contribution in [0.1, 0.15) is 0 Å². The van der Waals surface area contributed by atoms with Crippen LogP contribution in [0.25, 0.3) is 0 Å². The first kappa shape index (κ1) is 9.21. The van der Waals surface area contributed by atoms with E-state index in [4.69, 9.17) is 10.2 Å². The van der Waals surface area contributed by atoms with Crippen LogP contribution in [0.15, 0.2) is 30.3 Å². The molecule has 2 amide bonds. The van der Waals surface area contributed by atoms with E-state index in [1.807, 2.05) is 0 Å². The van der Waals surface area contributed by atoms with Gasteiger partial charge in [-0.05, 0) is 0 Å². The van der Waals surface area contributed by atoms with Crippen molar-refractivity contribution in [2.45, 2.75) is 0 Å². The average Bonchev–Trinajstić information content (AvgIpc) is 2.04. The molecule has 0 aromatic heterocycles. The third-order valence-corrected chi connectivity index (χ3v) is 1.40. The highest BCUT2D eigenvalue weighted by atomic mass is 16.4. The SMILES string of the molecule is O=C(O)[N+](C(=O)O)c1ccccc1. The van der Waals surface area contributed by atoms with Crippen LogP contribution in [0.3, 0.4) is 0 Å². The third-order valence-electron chi connectivity index (χ3n) is 1.40. The van der Waals surface area contributed by atoms with Crippen LogP contribution < -0.4 is 4.90 Å². The number of anilines is 1. The maximum atomic E-state index is 10.5. The number of carbonyl (C=O) groups is 2. The number of rotatable bonds is 1. The second kappa shape index (κ2) is 3.68. The highest BCUT2D eigenvalue weighted by Gasteiger charge is 2.38. The Morgan fingerprint density at radius 3 is 1.85 bits per heavy atom. The molecule has 0 spiro atoms. The molecule has 2 N–H and O–H groups in total. The second-order valence-electron chi connectivity index (χ2n) is 2.24. The molecular formula is C8H7NO4+. The number of hydrogen-bond donors (Lipinski definition) is 2. The van der Waals surface area contributed by atoms with Crippen molar-refractivity contribution in [1.82, 2.24) is 4.90 Å². The Bertz CT molecular complexity index is 308. The lowest BCUT2D eigenvalue weighted by Crippen LogP contribution is -2.35. The smallest absolute Gasteiger partial charge is 0.431 e. The lowest BCUT2D eigenvalue weighted by molar-refractivity contribution is 0.160. The number of nitrogens with zero attached hydrogens (tertiary/aromatic N) is 1. The van der Waals surface area contributed by atoms with Gasteiger partial charge in [0.25, 0.3) is 0 Å². The van der Waals surface area contributed by atoms with Crippen molar-refractivity contribution >= 4 is 17.9 Å². The van der Waals surface area contributed by atoms with Gasteiger partial charge in [0, 0.05) is 12.1 Å². The first-order valence-electron chi connectivity index (χ1n) is 3.44. The lowest BCUT2D eigenvalue weighted by Gasteiger charge is -1.96. The van der Waals surface area contributed by atoms with Crippen molar-refractivity contribution in [3.05, 3.63) is 30.3 Å². The monoisotopic (exact) mass is 181 g/mol. The maximum Gasteiger partial charge on any atom is 0.581 e. The van der Waals surface area contributed by atoms with Crippen molar-refractivity contribution in [2.75, 3.05) is 0 Å². The molecule has 1 aromatic carbocycles. The molecule has 0 heterocycles. The largest absolute Gasteiger partial charge is 0.581 e. The summed E-state index contributed by atoms with van der Waals surface area (Å²) in [5.74, 6) is 0. The molecule has 0 aliphatic carbocycles. The van der Waals surface area contributed by atoms with Gasteiger partial charge in [0.2, 0.25) is 5.69 Å². The Morgan fingerprint density at radius 2 is 1.46 bits per heavy atom. The maximum absolute atomic E-state index is 10.5. The van der Waals surface area contributed by atoms with Crippen LogP contribution in [0.2, 0.25) is 0 Å². The van der Waals surface area contributed by atoms with E-state index in [9.17, 15) is 9.59 Å². The molecule has 0 aliphatic rings. The number of benzene rings is 1. The number of amides is 2. The van der Waals surface area contributed by atoms with Crippen LogP contribution in [0.5, 0.6) is 0 Å². The lowest BCUT2D eigenvalue weighted by atomic mass is 10.3. The van der Waals surface area contributed by atoms with Gasteiger partial charge in [0.1, 0.15) is 0 Å². The number of imide groups is 1. The molecule has 0 unspecified atom stereocenters. The van der Waals surface area contributed by atoms with Crippen molar-refractivity contribution in [2.24, 2.45) is 0 Å². The third kappa shape index (κ3) is 2.03. The summed E-state index contributed by atoms with van der Waals surface area (Å²) >= 11 is 0. The Balaban J connectivity index is 3.03. The molecule has 5 nitrogen and oxygen atoms in total. The molecule has 1 rings (SSSR count). The minimum absolute atomic E-state index is 0.113. The Kier molecular flexibility index (Phi) is 2.61. The quantitative estimate of drug-likeness (QED) is 0.647. The highest BCUT2D eigenvalue weighted by Crippen LogP contribution is 2.12. The van der Waals surface area contributed by atoms with Crippen LogP contribution in [0.4, 0.5) is 15.3 Å². The topological polar surface area (TPSA) is 80.5 Å². The molecule has 0 bridgehead atoms. The van der Waals surface area contributed by atoms with Gasteiger partial charge in [0.15, 0.2) is 0 Å². The molecule has 5 heteroatoms.